The molecule has 0 aliphatic carbocycles. The van der Waals surface area contributed by atoms with Crippen molar-refractivity contribution in [3.05, 3.63) is 65.4 Å². The molecule has 0 aliphatic heterocycles. The Morgan fingerprint density at radius 3 is 2.57 bits per heavy atom. The van der Waals surface area contributed by atoms with Gasteiger partial charge < -0.3 is 9.15 Å². The Balaban J connectivity index is 1.80. The van der Waals surface area contributed by atoms with Crippen LogP contribution in [0.2, 0.25) is 0 Å². The van der Waals surface area contributed by atoms with Gasteiger partial charge in [-0.3, -0.25) is 0 Å². The first kappa shape index (κ1) is 14.0. The van der Waals surface area contributed by atoms with Gasteiger partial charge in [0.2, 0.25) is 0 Å². The molecule has 3 heteroatoms. The van der Waals surface area contributed by atoms with Gasteiger partial charge in [-0.2, -0.15) is 0 Å². The molecule has 21 heavy (non-hydrogen) atoms. The molecule has 0 fully saturated rings. The largest absolute Gasteiger partial charge is 0.497 e. The summed E-state index contributed by atoms with van der Waals surface area (Å²) in [5.41, 5.74) is 3.26. The maximum Gasteiger partial charge on any atom is 0.134 e. The third kappa shape index (κ3) is 3.06. The SMILES string of the molecule is COc1ccc(CC(Cl)c2cc3cc(C)ccc3o2)cc1. The van der Waals surface area contributed by atoms with Crippen molar-refractivity contribution in [3.8, 4) is 5.75 Å². The predicted molar refractivity (Wildman–Crippen MR) is 86.2 cm³/mol. The molecule has 2 aromatic carbocycles. The van der Waals surface area contributed by atoms with Crippen LogP contribution in [0.25, 0.3) is 11.0 Å². The van der Waals surface area contributed by atoms with Gasteiger partial charge in [0, 0.05) is 5.39 Å². The molecule has 1 unspecified atom stereocenters. The highest BCUT2D eigenvalue weighted by Gasteiger charge is 2.14. The highest BCUT2D eigenvalue weighted by atomic mass is 35.5. The number of alkyl halides is 1. The number of rotatable bonds is 4. The number of methoxy groups -OCH3 is 1. The quantitative estimate of drug-likeness (QED) is 0.612. The molecule has 0 N–H and O–H groups in total. The maximum atomic E-state index is 6.50. The molecule has 108 valence electrons. The minimum absolute atomic E-state index is 0.175. The van der Waals surface area contributed by atoms with Gasteiger partial charge in [-0.25, -0.2) is 0 Å². The van der Waals surface area contributed by atoms with Crippen molar-refractivity contribution in [2.45, 2.75) is 18.7 Å². The van der Waals surface area contributed by atoms with E-state index in [1.807, 2.05) is 42.5 Å². The lowest BCUT2D eigenvalue weighted by Gasteiger charge is -2.07. The fourth-order valence-electron chi connectivity index (χ4n) is 2.41. The van der Waals surface area contributed by atoms with E-state index in [2.05, 4.69) is 13.0 Å². The number of furan rings is 1. The Bertz CT molecular complexity index is 744. The number of ether oxygens (including phenoxy) is 1. The second-order valence-corrected chi connectivity index (χ2v) is 5.74. The van der Waals surface area contributed by atoms with Gasteiger partial charge in [-0.1, -0.05) is 23.8 Å². The first-order valence-corrected chi connectivity index (χ1v) is 7.36. The van der Waals surface area contributed by atoms with Crippen LogP contribution in [0.4, 0.5) is 0 Å². The molecule has 0 amide bonds. The fraction of sp³-hybridized carbons (Fsp3) is 0.222. The van der Waals surface area contributed by atoms with Crippen LogP contribution in [0.15, 0.2) is 52.9 Å². The van der Waals surface area contributed by atoms with E-state index < -0.39 is 0 Å². The summed E-state index contributed by atoms with van der Waals surface area (Å²) >= 11 is 6.50. The molecule has 1 heterocycles. The highest BCUT2D eigenvalue weighted by molar-refractivity contribution is 6.20. The van der Waals surface area contributed by atoms with E-state index in [0.29, 0.717) is 0 Å². The van der Waals surface area contributed by atoms with E-state index in [1.165, 1.54) is 5.56 Å². The van der Waals surface area contributed by atoms with Crippen molar-refractivity contribution >= 4 is 22.6 Å². The van der Waals surface area contributed by atoms with Crippen molar-refractivity contribution in [2.24, 2.45) is 0 Å². The van der Waals surface area contributed by atoms with Gasteiger partial charge in [0.15, 0.2) is 0 Å². The molecule has 0 saturated carbocycles. The van der Waals surface area contributed by atoms with E-state index in [9.17, 15) is 0 Å². The van der Waals surface area contributed by atoms with Gasteiger partial charge >= 0.3 is 0 Å². The molecule has 1 atom stereocenters. The van der Waals surface area contributed by atoms with Crippen LogP contribution in [0.1, 0.15) is 22.3 Å². The van der Waals surface area contributed by atoms with Gasteiger partial charge in [-0.05, 0) is 49.2 Å². The Hall–Kier alpha value is -1.93. The fourth-order valence-corrected chi connectivity index (χ4v) is 2.69. The first-order valence-electron chi connectivity index (χ1n) is 6.93. The third-order valence-corrected chi connectivity index (χ3v) is 3.94. The van der Waals surface area contributed by atoms with Crippen molar-refractivity contribution in [3.63, 3.8) is 0 Å². The van der Waals surface area contributed by atoms with Gasteiger partial charge in [0.1, 0.15) is 17.1 Å². The summed E-state index contributed by atoms with van der Waals surface area (Å²) in [4.78, 5) is 0. The summed E-state index contributed by atoms with van der Waals surface area (Å²) in [6, 6.07) is 16.1. The monoisotopic (exact) mass is 300 g/mol. The van der Waals surface area contributed by atoms with E-state index in [1.54, 1.807) is 7.11 Å². The average molecular weight is 301 g/mol. The van der Waals surface area contributed by atoms with Crippen molar-refractivity contribution < 1.29 is 9.15 Å². The third-order valence-electron chi connectivity index (χ3n) is 3.57. The zero-order chi connectivity index (χ0) is 14.8. The predicted octanol–water partition coefficient (Wildman–Crippen LogP) is 5.27. The Labute approximate surface area is 129 Å². The molecule has 3 rings (SSSR count). The molecule has 3 aromatic rings. The molecule has 0 bridgehead atoms. The van der Waals surface area contributed by atoms with Crippen LogP contribution in [0.5, 0.6) is 5.75 Å². The summed E-state index contributed by atoms with van der Waals surface area (Å²) in [6.07, 6.45) is 0.727. The standard InChI is InChI=1S/C18H17ClO2/c1-12-3-8-17-14(9-12)11-18(21-17)16(19)10-13-4-6-15(20-2)7-5-13/h3-9,11,16H,10H2,1-2H3. The number of benzene rings is 2. The van der Waals surface area contributed by atoms with Crippen LogP contribution in [-0.2, 0) is 6.42 Å². The number of hydrogen-bond acceptors (Lipinski definition) is 2. The summed E-state index contributed by atoms with van der Waals surface area (Å²) in [6.45, 7) is 2.07. The zero-order valence-corrected chi connectivity index (χ0v) is 12.9. The lowest BCUT2D eigenvalue weighted by Crippen LogP contribution is -1.94. The number of hydrogen-bond donors (Lipinski definition) is 0. The minimum Gasteiger partial charge on any atom is -0.497 e. The first-order chi connectivity index (χ1) is 10.2. The summed E-state index contributed by atoms with van der Waals surface area (Å²) in [5, 5.41) is 0.927. The van der Waals surface area contributed by atoms with E-state index in [0.717, 1.165) is 34.5 Å². The van der Waals surface area contributed by atoms with Crippen LogP contribution in [0.3, 0.4) is 0 Å². The smallest absolute Gasteiger partial charge is 0.134 e. The molecule has 0 radical (unpaired) electrons. The van der Waals surface area contributed by atoms with Crippen molar-refractivity contribution in [1.29, 1.82) is 0 Å². The topological polar surface area (TPSA) is 22.4 Å². The van der Waals surface area contributed by atoms with Crippen LogP contribution in [-0.4, -0.2) is 7.11 Å². The Morgan fingerprint density at radius 2 is 1.86 bits per heavy atom. The number of fused-ring (bicyclic) bond motifs is 1. The summed E-state index contributed by atoms with van der Waals surface area (Å²) in [7, 11) is 1.66. The van der Waals surface area contributed by atoms with Gasteiger partial charge in [-0.15, -0.1) is 11.6 Å². The molecule has 0 aliphatic rings. The average Bonchev–Trinajstić information content (AvgIpc) is 2.91. The van der Waals surface area contributed by atoms with E-state index in [4.69, 9.17) is 20.8 Å². The van der Waals surface area contributed by atoms with Gasteiger partial charge in [0.25, 0.3) is 0 Å². The van der Waals surface area contributed by atoms with Crippen LogP contribution < -0.4 is 4.74 Å². The molecule has 0 spiro atoms. The second kappa shape index (κ2) is 5.82. The summed E-state index contributed by atoms with van der Waals surface area (Å²) in [5.74, 6) is 1.66. The lowest BCUT2D eigenvalue weighted by atomic mass is 10.1. The number of aryl methyl sites for hydroxylation is 1. The molecule has 2 nitrogen and oxygen atoms in total. The van der Waals surface area contributed by atoms with Gasteiger partial charge in [0.05, 0.1) is 12.5 Å². The van der Waals surface area contributed by atoms with E-state index >= 15 is 0 Å². The van der Waals surface area contributed by atoms with Crippen molar-refractivity contribution in [1.82, 2.24) is 0 Å². The van der Waals surface area contributed by atoms with E-state index in [-0.39, 0.29) is 5.38 Å². The van der Waals surface area contributed by atoms with Crippen LogP contribution in [0, 0.1) is 6.92 Å². The second-order valence-electron chi connectivity index (χ2n) is 5.21. The molecule has 0 saturated heterocycles. The van der Waals surface area contributed by atoms with Crippen LogP contribution >= 0.6 is 11.6 Å². The Morgan fingerprint density at radius 1 is 1.10 bits per heavy atom. The molecular weight excluding hydrogens is 284 g/mol. The normalized spacial score (nSPS) is 12.5. The lowest BCUT2D eigenvalue weighted by molar-refractivity contribution is 0.414. The Kier molecular flexibility index (Phi) is 3.89. The number of halogens is 1. The minimum atomic E-state index is -0.175. The molecule has 1 aromatic heterocycles. The molecular formula is C18H17ClO2. The highest BCUT2D eigenvalue weighted by Crippen LogP contribution is 2.31. The summed E-state index contributed by atoms with van der Waals surface area (Å²) < 4.78 is 11.0. The van der Waals surface area contributed by atoms with Crippen molar-refractivity contribution in [2.75, 3.05) is 7.11 Å². The zero-order valence-electron chi connectivity index (χ0n) is 12.1. The maximum absolute atomic E-state index is 6.50.